The number of unbranched alkanes of at least 4 members (excludes halogenated alkanes) is 9. The fraction of sp³-hybridized carbons (Fsp3) is 0.933. The second kappa shape index (κ2) is 19.1. The maximum Gasteiger partial charge on any atom is 2.00 e. The van der Waals surface area contributed by atoms with Gasteiger partial charge in [-0.3, -0.25) is 0 Å². The molecule has 0 fully saturated rings. The third-order valence-electron chi connectivity index (χ3n) is 3.09. The number of rotatable bonds is 14. The van der Waals surface area contributed by atoms with Gasteiger partial charge in [0.05, 0.1) is 0 Å². The Kier molecular flexibility index (Phi) is 22.5. The fourth-order valence-electron chi connectivity index (χ4n) is 1.95. The Balaban J connectivity index is 0. The van der Waals surface area contributed by atoms with Crippen LogP contribution >= 0.6 is 11.8 Å². The van der Waals surface area contributed by atoms with Gasteiger partial charge in [-0.15, -0.1) is 0 Å². The minimum atomic E-state index is -0.925. The second-order valence-electron chi connectivity index (χ2n) is 4.92. The van der Waals surface area contributed by atoms with Gasteiger partial charge in [0.15, 0.2) is 0 Å². The van der Waals surface area contributed by atoms with Crippen molar-refractivity contribution in [1.82, 2.24) is 0 Å². The molecule has 2 nitrogen and oxygen atoms in total. The first-order valence-corrected chi connectivity index (χ1v) is 8.70. The Hall–Kier alpha value is 1.08. The van der Waals surface area contributed by atoms with Crippen LogP contribution in [0.5, 0.6) is 0 Å². The van der Waals surface area contributed by atoms with Gasteiger partial charge >= 0.3 is 37.7 Å². The molecule has 0 aliphatic carbocycles. The molecule has 0 aromatic rings. The first kappa shape index (κ1) is 22.4. The van der Waals surface area contributed by atoms with E-state index in [1.807, 2.05) is 0 Å². The van der Waals surface area contributed by atoms with E-state index in [0.29, 0.717) is 5.75 Å². The van der Waals surface area contributed by atoms with E-state index in [4.69, 9.17) is 0 Å². The van der Waals surface area contributed by atoms with E-state index in [1.54, 1.807) is 11.8 Å². The Morgan fingerprint density at radius 3 is 1.79 bits per heavy atom. The molecule has 0 aliphatic heterocycles. The quantitative estimate of drug-likeness (QED) is 0.364. The van der Waals surface area contributed by atoms with Gasteiger partial charge in [0.25, 0.3) is 0 Å². The van der Waals surface area contributed by atoms with Gasteiger partial charge in [-0.1, -0.05) is 64.7 Å². The second-order valence-corrected chi connectivity index (χ2v) is 6.14. The van der Waals surface area contributed by atoms with E-state index in [1.165, 1.54) is 64.2 Å². The molecular formula is C15H29CaO2S+. The van der Waals surface area contributed by atoms with Crippen LogP contribution in [-0.4, -0.2) is 55.2 Å². The molecule has 0 atom stereocenters. The van der Waals surface area contributed by atoms with Gasteiger partial charge < -0.3 is 9.90 Å². The van der Waals surface area contributed by atoms with Crippen LogP contribution in [0.15, 0.2) is 0 Å². The molecule has 0 saturated carbocycles. The van der Waals surface area contributed by atoms with Crippen LogP contribution in [0.3, 0.4) is 0 Å². The largest absolute Gasteiger partial charge is 2.00 e. The van der Waals surface area contributed by atoms with Gasteiger partial charge in [0, 0.05) is 5.97 Å². The SMILES string of the molecule is CCCCCCCCCCCCSCCC(=O)[O-].[Ca+2]. The van der Waals surface area contributed by atoms with E-state index in [9.17, 15) is 9.90 Å². The first-order chi connectivity index (χ1) is 8.77. The van der Waals surface area contributed by atoms with Crippen LogP contribution in [-0.2, 0) is 4.79 Å². The predicted octanol–water partition coefficient (Wildman–Crippen LogP) is 3.40. The minimum absolute atomic E-state index is 0. The van der Waals surface area contributed by atoms with Crippen LogP contribution in [0.25, 0.3) is 0 Å². The van der Waals surface area contributed by atoms with Crippen LogP contribution in [0, 0.1) is 0 Å². The molecule has 0 spiro atoms. The molecule has 0 aliphatic rings. The molecule has 0 radical (unpaired) electrons. The third-order valence-corrected chi connectivity index (χ3v) is 4.16. The summed E-state index contributed by atoms with van der Waals surface area (Å²) in [5, 5.41) is 10.2. The van der Waals surface area contributed by atoms with Gasteiger partial charge in [0.1, 0.15) is 0 Å². The van der Waals surface area contributed by atoms with Crippen LogP contribution in [0.2, 0.25) is 0 Å². The molecule has 0 aromatic carbocycles. The molecule has 4 heteroatoms. The van der Waals surface area contributed by atoms with E-state index >= 15 is 0 Å². The molecular weight excluding hydrogens is 284 g/mol. The molecule has 108 valence electrons. The molecule has 0 N–H and O–H groups in total. The van der Waals surface area contributed by atoms with Gasteiger partial charge in [-0.05, 0) is 24.3 Å². The monoisotopic (exact) mass is 313 g/mol. The molecule has 0 unspecified atom stereocenters. The van der Waals surface area contributed by atoms with Gasteiger partial charge in [0.2, 0.25) is 0 Å². The third kappa shape index (κ3) is 21.5. The zero-order valence-electron chi connectivity index (χ0n) is 12.6. The van der Waals surface area contributed by atoms with E-state index < -0.39 is 5.97 Å². The Bertz CT molecular complexity index is 189. The summed E-state index contributed by atoms with van der Waals surface area (Å²) >= 11 is 1.74. The summed E-state index contributed by atoms with van der Waals surface area (Å²) in [4.78, 5) is 10.2. The minimum Gasteiger partial charge on any atom is -0.550 e. The Morgan fingerprint density at radius 1 is 0.842 bits per heavy atom. The smallest absolute Gasteiger partial charge is 0.550 e. The maximum absolute atomic E-state index is 10.2. The number of aliphatic carboxylic acids is 1. The molecule has 0 saturated heterocycles. The van der Waals surface area contributed by atoms with Gasteiger partial charge in [-0.25, -0.2) is 0 Å². The number of carboxylic acid groups (broad SMARTS) is 1. The normalized spacial score (nSPS) is 10.2. The molecule has 0 bridgehead atoms. The summed E-state index contributed by atoms with van der Waals surface area (Å²) in [5.74, 6) is 0.884. The zero-order chi connectivity index (χ0) is 13.5. The predicted molar refractivity (Wildman–Crippen MR) is 84.5 cm³/mol. The van der Waals surface area contributed by atoms with Crippen molar-refractivity contribution < 1.29 is 9.90 Å². The summed E-state index contributed by atoms with van der Waals surface area (Å²) in [7, 11) is 0. The molecule has 0 amide bonds. The summed E-state index contributed by atoms with van der Waals surface area (Å²) in [6, 6.07) is 0. The van der Waals surface area contributed by atoms with Crippen LogP contribution in [0.4, 0.5) is 0 Å². The molecule has 19 heavy (non-hydrogen) atoms. The number of thioether (sulfide) groups is 1. The number of carbonyl (C=O) groups is 1. The molecule has 0 aromatic heterocycles. The zero-order valence-corrected chi connectivity index (χ0v) is 15.6. The van der Waals surface area contributed by atoms with Crippen molar-refractivity contribution in [3.63, 3.8) is 0 Å². The van der Waals surface area contributed by atoms with E-state index in [-0.39, 0.29) is 44.2 Å². The van der Waals surface area contributed by atoms with Crippen molar-refractivity contribution in [2.45, 2.75) is 77.6 Å². The van der Waals surface area contributed by atoms with Crippen molar-refractivity contribution in [3.05, 3.63) is 0 Å². The van der Waals surface area contributed by atoms with Crippen LogP contribution in [0.1, 0.15) is 77.6 Å². The van der Waals surface area contributed by atoms with Crippen molar-refractivity contribution in [2.24, 2.45) is 0 Å². The van der Waals surface area contributed by atoms with Crippen molar-refractivity contribution >= 4 is 55.5 Å². The Morgan fingerprint density at radius 2 is 1.32 bits per heavy atom. The summed E-state index contributed by atoms with van der Waals surface area (Å²) in [5.41, 5.74) is 0. The Labute approximate surface area is 153 Å². The van der Waals surface area contributed by atoms with Crippen molar-refractivity contribution in [1.29, 1.82) is 0 Å². The summed E-state index contributed by atoms with van der Waals surface area (Å²) in [6.07, 6.45) is 13.8. The number of hydrogen-bond donors (Lipinski definition) is 0. The van der Waals surface area contributed by atoms with Gasteiger partial charge in [-0.2, -0.15) is 11.8 Å². The van der Waals surface area contributed by atoms with E-state index in [2.05, 4.69) is 6.92 Å². The number of carbonyl (C=O) groups excluding carboxylic acids is 1. The van der Waals surface area contributed by atoms with E-state index in [0.717, 1.165) is 5.75 Å². The first-order valence-electron chi connectivity index (χ1n) is 7.55. The summed E-state index contributed by atoms with van der Waals surface area (Å²) in [6.45, 7) is 2.25. The standard InChI is InChI=1S/C15H30O2S.Ca/c1-2-3-4-5-6-7-8-9-10-11-13-18-14-12-15(16)17;/h2-14H2,1H3,(H,16,17);/q;+2/p-1. The summed E-state index contributed by atoms with van der Waals surface area (Å²) < 4.78 is 0. The fourth-order valence-corrected chi connectivity index (χ4v) is 2.87. The maximum atomic E-state index is 10.2. The number of hydrogen-bond acceptors (Lipinski definition) is 3. The number of carboxylic acids is 1. The average molecular weight is 314 g/mol. The average Bonchev–Trinajstić information content (AvgIpc) is 2.34. The van der Waals surface area contributed by atoms with Crippen LogP contribution < -0.4 is 5.11 Å². The molecule has 0 heterocycles. The van der Waals surface area contributed by atoms with Crippen molar-refractivity contribution in [3.8, 4) is 0 Å². The topological polar surface area (TPSA) is 40.1 Å². The van der Waals surface area contributed by atoms with Crippen molar-refractivity contribution in [2.75, 3.05) is 11.5 Å². The molecule has 0 rings (SSSR count).